The Balaban J connectivity index is 3.83. The number of carboxylic acid groups (broad SMARTS) is 1. The van der Waals surface area contributed by atoms with E-state index in [1.54, 1.807) is 0 Å². The van der Waals surface area contributed by atoms with E-state index in [1.807, 2.05) is 0 Å². The van der Waals surface area contributed by atoms with Gasteiger partial charge in [0.2, 0.25) is 0 Å². The number of allylic oxidation sites excluding steroid dienone is 2. The third-order valence-corrected chi connectivity index (χ3v) is 7.99. The Hall–Kier alpha value is -1.32. The minimum absolute atomic E-state index is 0.0134. The van der Waals surface area contributed by atoms with Crippen LogP contribution < -0.4 is 0 Å². The number of ether oxygens (including phenoxy) is 1. The van der Waals surface area contributed by atoms with Gasteiger partial charge in [-0.3, -0.25) is 9.59 Å². The van der Waals surface area contributed by atoms with Crippen LogP contribution in [0.5, 0.6) is 0 Å². The van der Waals surface area contributed by atoms with Gasteiger partial charge < -0.3 is 9.84 Å². The Morgan fingerprint density at radius 2 is 0.900 bits per heavy atom. The molecular formula is C36H68O4. The van der Waals surface area contributed by atoms with Gasteiger partial charge in [-0.1, -0.05) is 135 Å². The zero-order valence-corrected chi connectivity index (χ0v) is 26.9. The SMILES string of the molecule is CCCCCCCCC=CCCCCCCCC(=O)OC(CCCCCC)CCCCCCCCCCC(=O)O. The number of hydrogen-bond acceptors (Lipinski definition) is 3. The maximum Gasteiger partial charge on any atom is 0.306 e. The summed E-state index contributed by atoms with van der Waals surface area (Å²) in [7, 11) is 0. The van der Waals surface area contributed by atoms with Crippen molar-refractivity contribution < 1.29 is 19.4 Å². The smallest absolute Gasteiger partial charge is 0.306 e. The molecule has 1 unspecified atom stereocenters. The van der Waals surface area contributed by atoms with E-state index >= 15 is 0 Å². The summed E-state index contributed by atoms with van der Waals surface area (Å²) in [6.07, 6.45) is 38.1. The van der Waals surface area contributed by atoms with Crippen molar-refractivity contribution in [3.05, 3.63) is 12.2 Å². The highest BCUT2D eigenvalue weighted by atomic mass is 16.5. The number of carbonyl (C=O) groups excluding carboxylic acids is 1. The fourth-order valence-electron chi connectivity index (χ4n) is 5.35. The summed E-state index contributed by atoms with van der Waals surface area (Å²) < 4.78 is 5.95. The molecule has 0 bridgehead atoms. The summed E-state index contributed by atoms with van der Waals surface area (Å²) in [4.78, 5) is 23.1. The molecule has 0 saturated heterocycles. The van der Waals surface area contributed by atoms with Gasteiger partial charge in [-0.2, -0.15) is 0 Å². The van der Waals surface area contributed by atoms with Crippen LogP contribution in [0.2, 0.25) is 0 Å². The highest BCUT2D eigenvalue weighted by Gasteiger charge is 2.14. The molecule has 1 atom stereocenters. The summed E-state index contributed by atoms with van der Waals surface area (Å²) in [5.74, 6) is -0.669. The van der Waals surface area contributed by atoms with Crippen molar-refractivity contribution in [2.45, 2.75) is 206 Å². The fourth-order valence-corrected chi connectivity index (χ4v) is 5.35. The summed E-state index contributed by atoms with van der Waals surface area (Å²) in [6, 6.07) is 0. The normalized spacial score (nSPS) is 12.2. The van der Waals surface area contributed by atoms with E-state index in [0.717, 1.165) is 57.8 Å². The molecule has 0 aliphatic rings. The van der Waals surface area contributed by atoms with Gasteiger partial charge >= 0.3 is 11.9 Å². The van der Waals surface area contributed by atoms with Crippen molar-refractivity contribution in [1.82, 2.24) is 0 Å². The molecule has 0 heterocycles. The second-order valence-corrected chi connectivity index (χ2v) is 12.1. The molecule has 0 amide bonds. The second kappa shape index (κ2) is 32.2. The first-order chi connectivity index (χ1) is 19.6. The quantitative estimate of drug-likeness (QED) is 0.0501. The molecule has 0 radical (unpaired) electrons. The molecule has 0 aliphatic carbocycles. The minimum atomic E-state index is -0.683. The highest BCUT2D eigenvalue weighted by molar-refractivity contribution is 5.69. The number of hydrogen-bond donors (Lipinski definition) is 1. The van der Waals surface area contributed by atoms with Crippen molar-refractivity contribution in [3.63, 3.8) is 0 Å². The van der Waals surface area contributed by atoms with Crippen LogP contribution >= 0.6 is 0 Å². The summed E-state index contributed by atoms with van der Waals surface area (Å²) in [6.45, 7) is 4.51. The molecule has 0 aromatic carbocycles. The molecule has 1 N–H and O–H groups in total. The number of esters is 1. The molecule has 40 heavy (non-hydrogen) atoms. The zero-order chi connectivity index (χ0) is 29.4. The van der Waals surface area contributed by atoms with Crippen molar-refractivity contribution in [2.24, 2.45) is 0 Å². The van der Waals surface area contributed by atoms with E-state index in [2.05, 4.69) is 26.0 Å². The molecule has 0 aromatic rings. The van der Waals surface area contributed by atoms with Crippen LogP contribution in [0.3, 0.4) is 0 Å². The van der Waals surface area contributed by atoms with Crippen LogP contribution in [0, 0.1) is 0 Å². The molecule has 0 aromatic heterocycles. The molecule has 0 spiro atoms. The Labute approximate surface area is 249 Å². The molecule has 0 saturated carbocycles. The maximum absolute atomic E-state index is 12.5. The lowest BCUT2D eigenvalue weighted by molar-refractivity contribution is -0.150. The number of carboxylic acids is 1. The lowest BCUT2D eigenvalue weighted by Crippen LogP contribution is -2.18. The predicted molar refractivity (Wildman–Crippen MR) is 172 cm³/mol. The number of aliphatic carboxylic acids is 1. The van der Waals surface area contributed by atoms with Gasteiger partial charge in [0.25, 0.3) is 0 Å². The first kappa shape index (κ1) is 38.7. The lowest BCUT2D eigenvalue weighted by Gasteiger charge is -2.18. The fraction of sp³-hybridized carbons (Fsp3) is 0.889. The first-order valence-electron chi connectivity index (χ1n) is 17.7. The topological polar surface area (TPSA) is 63.6 Å². The third-order valence-electron chi connectivity index (χ3n) is 7.99. The Morgan fingerprint density at radius 1 is 0.525 bits per heavy atom. The van der Waals surface area contributed by atoms with Crippen molar-refractivity contribution in [3.8, 4) is 0 Å². The van der Waals surface area contributed by atoms with Crippen LogP contribution in [-0.4, -0.2) is 23.1 Å². The van der Waals surface area contributed by atoms with Gasteiger partial charge in [-0.05, 0) is 64.2 Å². The minimum Gasteiger partial charge on any atom is -0.481 e. The van der Waals surface area contributed by atoms with Crippen LogP contribution in [0.15, 0.2) is 12.2 Å². The molecule has 236 valence electrons. The monoisotopic (exact) mass is 565 g/mol. The van der Waals surface area contributed by atoms with E-state index in [-0.39, 0.29) is 12.1 Å². The predicted octanol–water partition coefficient (Wildman–Crippen LogP) is 11.9. The van der Waals surface area contributed by atoms with E-state index < -0.39 is 5.97 Å². The summed E-state index contributed by atoms with van der Waals surface area (Å²) >= 11 is 0. The molecule has 0 fully saturated rings. The van der Waals surface area contributed by atoms with Gasteiger partial charge in [0.15, 0.2) is 0 Å². The Morgan fingerprint density at radius 3 is 1.38 bits per heavy atom. The zero-order valence-electron chi connectivity index (χ0n) is 26.9. The average Bonchev–Trinajstić information content (AvgIpc) is 2.93. The first-order valence-corrected chi connectivity index (χ1v) is 17.7. The Bertz CT molecular complexity index is 571. The molecule has 4 heteroatoms. The highest BCUT2D eigenvalue weighted by Crippen LogP contribution is 2.18. The number of carbonyl (C=O) groups is 2. The van der Waals surface area contributed by atoms with E-state index in [0.29, 0.717) is 12.8 Å². The van der Waals surface area contributed by atoms with E-state index in [9.17, 15) is 9.59 Å². The average molecular weight is 565 g/mol. The molecule has 0 rings (SSSR count). The van der Waals surface area contributed by atoms with E-state index in [4.69, 9.17) is 9.84 Å². The van der Waals surface area contributed by atoms with Gasteiger partial charge in [0.05, 0.1) is 0 Å². The second-order valence-electron chi connectivity index (χ2n) is 12.1. The van der Waals surface area contributed by atoms with Crippen molar-refractivity contribution >= 4 is 11.9 Å². The standard InChI is InChI=1S/C36H68O4/c1-3-5-7-9-10-11-12-13-14-15-16-17-22-25-29-33-36(39)40-34(30-26-8-6-4-2)31-27-23-20-18-19-21-24-28-32-35(37)38/h13-14,34H,3-12,15-33H2,1-2H3,(H,37,38). The molecule has 4 nitrogen and oxygen atoms in total. The summed E-state index contributed by atoms with van der Waals surface area (Å²) in [5, 5.41) is 8.70. The largest absolute Gasteiger partial charge is 0.481 e. The third kappa shape index (κ3) is 31.2. The molecule has 0 aliphatic heterocycles. The summed E-state index contributed by atoms with van der Waals surface area (Å²) in [5.41, 5.74) is 0. The maximum atomic E-state index is 12.5. The van der Waals surface area contributed by atoms with E-state index in [1.165, 1.54) is 116 Å². The van der Waals surface area contributed by atoms with Crippen molar-refractivity contribution in [2.75, 3.05) is 0 Å². The van der Waals surface area contributed by atoms with Gasteiger partial charge in [0.1, 0.15) is 6.10 Å². The van der Waals surface area contributed by atoms with Crippen molar-refractivity contribution in [1.29, 1.82) is 0 Å². The van der Waals surface area contributed by atoms with Crippen LogP contribution in [0.25, 0.3) is 0 Å². The Kier molecular flexibility index (Phi) is 31.1. The van der Waals surface area contributed by atoms with Crippen LogP contribution in [0.4, 0.5) is 0 Å². The van der Waals surface area contributed by atoms with Gasteiger partial charge in [0, 0.05) is 12.8 Å². The van der Waals surface area contributed by atoms with Gasteiger partial charge in [-0.15, -0.1) is 0 Å². The molecular weight excluding hydrogens is 496 g/mol. The van der Waals surface area contributed by atoms with Crippen LogP contribution in [-0.2, 0) is 14.3 Å². The van der Waals surface area contributed by atoms with Gasteiger partial charge in [-0.25, -0.2) is 0 Å². The lowest BCUT2D eigenvalue weighted by atomic mass is 10.0. The van der Waals surface area contributed by atoms with Crippen LogP contribution in [0.1, 0.15) is 200 Å². The number of unbranched alkanes of at least 4 members (excludes halogenated alkanes) is 21. The number of rotatable bonds is 32.